The van der Waals surface area contributed by atoms with Gasteiger partial charge in [-0.05, 0) is 37.6 Å². The highest BCUT2D eigenvalue weighted by Gasteiger charge is 2.31. The molecule has 1 aliphatic rings. The Labute approximate surface area is 222 Å². The summed E-state index contributed by atoms with van der Waals surface area (Å²) < 4.78 is 12.8. The van der Waals surface area contributed by atoms with Gasteiger partial charge < -0.3 is 24.2 Å². The van der Waals surface area contributed by atoms with Gasteiger partial charge in [-0.25, -0.2) is 0 Å². The minimum atomic E-state index is -0.514. The van der Waals surface area contributed by atoms with Gasteiger partial charge in [-0.15, -0.1) is 0 Å². The average molecular weight is 522 g/mol. The fourth-order valence-electron chi connectivity index (χ4n) is 4.57. The summed E-state index contributed by atoms with van der Waals surface area (Å²) in [5, 5.41) is 5.41. The molecule has 1 fully saturated rings. The van der Waals surface area contributed by atoms with Crippen LogP contribution in [-0.2, 0) is 32.2 Å². The van der Waals surface area contributed by atoms with Crippen molar-refractivity contribution in [1.82, 2.24) is 24.5 Å². The Balaban J connectivity index is 1.49. The third-order valence-electron chi connectivity index (χ3n) is 6.73. The lowest BCUT2D eigenvalue weighted by atomic mass is 10.2. The Hall–Kier alpha value is -3.92. The van der Waals surface area contributed by atoms with Gasteiger partial charge in [0, 0.05) is 44.3 Å². The van der Waals surface area contributed by atoms with Crippen molar-refractivity contribution < 1.29 is 23.9 Å². The monoisotopic (exact) mass is 521 g/mol. The van der Waals surface area contributed by atoms with E-state index >= 15 is 0 Å². The molecule has 1 atom stereocenters. The van der Waals surface area contributed by atoms with Gasteiger partial charge in [-0.3, -0.25) is 19.1 Å². The number of carbonyl (C=O) groups is 3. The van der Waals surface area contributed by atoms with Crippen LogP contribution < -0.4 is 4.74 Å². The first-order valence-corrected chi connectivity index (χ1v) is 12.9. The van der Waals surface area contributed by atoms with Gasteiger partial charge in [0.2, 0.25) is 17.7 Å². The molecule has 3 aromatic rings. The normalized spacial score (nSPS) is 16.0. The smallest absolute Gasteiger partial charge is 0.248 e. The minimum absolute atomic E-state index is 0.00549. The third-order valence-corrected chi connectivity index (χ3v) is 6.73. The van der Waals surface area contributed by atoms with Gasteiger partial charge in [0.25, 0.3) is 0 Å². The quantitative estimate of drug-likeness (QED) is 0.406. The Bertz CT molecular complexity index is 1220. The Morgan fingerprint density at radius 1 is 1.05 bits per heavy atom. The summed E-state index contributed by atoms with van der Waals surface area (Å²) in [5.41, 5.74) is 1.73. The maximum absolute atomic E-state index is 13.3. The zero-order valence-electron chi connectivity index (χ0n) is 22.2. The molecule has 202 valence electrons. The molecule has 1 aromatic heterocycles. The molecule has 0 aliphatic carbocycles. The molecule has 1 aliphatic heterocycles. The lowest BCUT2D eigenvalue weighted by Crippen LogP contribution is -2.42. The van der Waals surface area contributed by atoms with E-state index in [0.29, 0.717) is 19.6 Å². The molecule has 0 radical (unpaired) electrons. The van der Waals surface area contributed by atoms with Crippen molar-refractivity contribution in [3.8, 4) is 5.75 Å². The molecule has 4 rings (SSSR count). The van der Waals surface area contributed by atoms with Gasteiger partial charge in [-0.1, -0.05) is 30.3 Å². The van der Waals surface area contributed by atoms with Crippen LogP contribution in [0.2, 0.25) is 0 Å². The zero-order valence-corrected chi connectivity index (χ0v) is 22.2. The molecule has 0 spiro atoms. The van der Waals surface area contributed by atoms with Crippen molar-refractivity contribution in [3.05, 3.63) is 60.3 Å². The summed E-state index contributed by atoms with van der Waals surface area (Å²) in [6.45, 7) is 5.68. The summed E-state index contributed by atoms with van der Waals surface area (Å²) >= 11 is 0. The van der Waals surface area contributed by atoms with Gasteiger partial charge in [-0.2, -0.15) is 5.10 Å². The van der Waals surface area contributed by atoms with E-state index in [9.17, 15) is 14.4 Å². The van der Waals surface area contributed by atoms with Crippen LogP contribution in [0.15, 0.2) is 54.7 Å². The van der Waals surface area contributed by atoms with Crippen LogP contribution in [0.5, 0.6) is 5.75 Å². The molecule has 10 nitrogen and oxygen atoms in total. The van der Waals surface area contributed by atoms with E-state index in [1.807, 2.05) is 68.6 Å². The second-order valence-corrected chi connectivity index (χ2v) is 9.28. The van der Waals surface area contributed by atoms with Crippen LogP contribution in [0.4, 0.5) is 0 Å². The van der Waals surface area contributed by atoms with Crippen LogP contribution in [0.25, 0.3) is 10.9 Å². The van der Waals surface area contributed by atoms with Crippen molar-refractivity contribution >= 4 is 28.6 Å². The largest absolute Gasteiger partial charge is 0.497 e. The topological polar surface area (TPSA) is 97.2 Å². The Morgan fingerprint density at radius 3 is 2.47 bits per heavy atom. The van der Waals surface area contributed by atoms with Crippen LogP contribution in [0, 0.1) is 0 Å². The molecule has 0 bridgehead atoms. The molecule has 0 N–H and O–H groups in total. The predicted octanol–water partition coefficient (Wildman–Crippen LogP) is 2.17. The lowest BCUT2D eigenvalue weighted by molar-refractivity contribution is -0.140. The van der Waals surface area contributed by atoms with Crippen molar-refractivity contribution in [2.24, 2.45) is 0 Å². The number of carbonyl (C=O) groups excluding carboxylic acids is 3. The maximum atomic E-state index is 13.3. The van der Waals surface area contributed by atoms with Gasteiger partial charge in [0.05, 0.1) is 25.3 Å². The van der Waals surface area contributed by atoms with Crippen LogP contribution in [0.3, 0.4) is 0 Å². The molecule has 0 unspecified atom stereocenters. The highest BCUT2D eigenvalue weighted by Crippen LogP contribution is 2.17. The SMILES string of the molecule is CCN(CC)C(=O)CO[C@@H]1CN(C(=O)Cn2cc3ccccc3n2)CC(=O)N(Cc2ccc(OC)cc2)C1. The number of aromatic nitrogens is 2. The van der Waals surface area contributed by atoms with Crippen LogP contribution in [-0.4, -0.2) is 94.7 Å². The number of likely N-dealkylation sites (N-methyl/N-ethyl adjacent to an activating group) is 1. The van der Waals surface area contributed by atoms with E-state index in [1.54, 1.807) is 21.6 Å². The molecule has 3 amide bonds. The molecule has 2 heterocycles. The summed E-state index contributed by atoms with van der Waals surface area (Å²) in [4.78, 5) is 44.1. The molecule has 1 saturated heterocycles. The minimum Gasteiger partial charge on any atom is -0.497 e. The standard InChI is InChI=1S/C28H35N5O5/c1-4-30(5-2)28(36)20-38-24-16-31(14-21-10-12-23(37-3)13-11-21)26(34)18-32(17-24)27(35)19-33-15-22-8-6-7-9-25(22)29-33/h6-13,15,24H,4-5,14,16-20H2,1-3H3/t24-/m0/s1. The van der Waals surface area contributed by atoms with Crippen molar-refractivity contribution in [2.75, 3.05) is 46.4 Å². The summed E-state index contributed by atoms with van der Waals surface area (Å²) in [7, 11) is 1.60. The Kier molecular flexibility index (Phi) is 8.96. The first kappa shape index (κ1) is 27.1. The number of hydrogen-bond donors (Lipinski definition) is 0. The van der Waals surface area contributed by atoms with E-state index in [0.717, 1.165) is 22.2 Å². The summed E-state index contributed by atoms with van der Waals surface area (Å²) in [5.74, 6) is 0.200. The maximum Gasteiger partial charge on any atom is 0.248 e. The van der Waals surface area contributed by atoms with Crippen LogP contribution in [0.1, 0.15) is 19.4 Å². The van der Waals surface area contributed by atoms with Crippen molar-refractivity contribution in [1.29, 1.82) is 0 Å². The van der Waals surface area contributed by atoms with E-state index in [4.69, 9.17) is 9.47 Å². The fraction of sp³-hybridized carbons (Fsp3) is 0.429. The molecule has 38 heavy (non-hydrogen) atoms. The number of hydrogen-bond acceptors (Lipinski definition) is 6. The second kappa shape index (κ2) is 12.6. The number of amides is 3. The van der Waals surface area contributed by atoms with Crippen molar-refractivity contribution in [2.45, 2.75) is 33.0 Å². The van der Waals surface area contributed by atoms with Crippen LogP contribution >= 0.6 is 0 Å². The molecular formula is C28H35N5O5. The second-order valence-electron chi connectivity index (χ2n) is 9.28. The number of ether oxygens (including phenoxy) is 2. The van der Waals surface area contributed by atoms with E-state index in [-0.39, 0.29) is 50.5 Å². The first-order valence-electron chi connectivity index (χ1n) is 12.9. The molecular weight excluding hydrogens is 486 g/mol. The average Bonchev–Trinajstić information content (AvgIpc) is 3.26. The van der Waals surface area contributed by atoms with E-state index < -0.39 is 6.10 Å². The number of benzene rings is 2. The molecule has 0 saturated carbocycles. The number of nitrogens with zero attached hydrogens (tertiary/aromatic N) is 5. The van der Waals surface area contributed by atoms with Crippen molar-refractivity contribution in [3.63, 3.8) is 0 Å². The molecule has 2 aromatic carbocycles. The number of methoxy groups -OCH3 is 1. The first-order chi connectivity index (χ1) is 18.4. The highest BCUT2D eigenvalue weighted by atomic mass is 16.5. The lowest BCUT2D eigenvalue weighted by Gasteiger charge is -2.26. The predicted molar refractivity (Wildman–Crippen MR) is 142 cm³/mol. The zero-order chi connectivity index (χ0) is 27.1. The number of rotatable bonds is 10. The van der Waals surface area contributed by atoms with Gasteiger partial charge in [0.1, 0.15) is 18.9 Å². The third kappa shape index (κ3) is 6.69. The summed E-state index contributed by atoms with van der Waals surface area (Å²) in [6.07, 6.45) is 1.31. The molecule has 10 heteroatoms. The van der Waals surface area contributed by atoms with E-state index in [1.165, 1.54) is 4.90 Å². The highest BCUT2D eigenvalue weighted by molar-refractivity contribution is 5.86. The van der Waals surface area contributed by atoms with Gasteiger partial charge in [0.15, 0.2) is 0 Å². The van der Waals surface area contributed by atoms with Gasteiger partial charge >= 0.3 is 0 Å². The fourth-order valence-corrected chi connectivity index (χ4v) is 4.57. The Morgan fingerprint density at radius 2 is 1.79 bits per heavy atom. The summed E-state index contributed by atoms with van der Waals surface area (Å²) in [6, 6.07) is 15.1. The number of fused-ring (bicyclic) bond motifs is 1. The van der Waals surface area contributed by atoms with E-state index in [2.05, 4.69) is 5.10 Å².